The zero-order chi connectivity index (χ0) is 19.6. The summed E-state index contributed by atoms with van der Waals surface area (Å²) in [6.45, 7) is 4.00. The number of nitrogens with zero attached hydrogens (tertiary/aromatic N) is 2. The molecule has 1 fully saturated rings. The molecule has 0 spiro atoms. The van der Waals surface area contributed by atoms with E-state index in [1.165, 1.54) is 11.0 Å². The van der Waals surface area contributed by atoms with Crippen LogP contribution in [0.5, 0.6) is 0 Å². The van der Waals surface area contributed by atoms with Gasteiger partial charge in [0.05, 0.1) is 5.69 Å². The predicted octanol–water partition coefficient (Wildman–Crippen LogP) is 2.81. The van der Waals surface area contributed by atoms with Gasteiger partial charge in [0.25, 0.3) is 0 Å². The smallest absolute Gasteiger partial charge is 0.237 e. The van der Waals surface area contributed by atoms with Crippen LogP contribution in [0.2, 0.25) is 0 Å². The van der Waals surface area contributed by atoms with Crippen molar-refractivity contribution in [2.45, 2.75) is 0 Å². The van der Waals surface area contributed by atoms with E-state index in [-0.39, 0.29) is 12.2 Å². The van der Waals surface area contributed by atoms with Gasteiger partial charge in [-0.3, -0.25) is 9.59 Å². The molecular weight excluding hydrogens is 364 g/mol. The molecule has 1 aromatic carbocycles. The van der Waals surface area contributed by atoms with Gasteiger partial charge < -0.3 is 15.1 Å². The van der Waals surface area contributed by atoms with E-state index in [0.717, 1.165) is 12.1 Å². The molecule has 0 bridgehead atoms. The van der Waals surface area contributed by atoms with E-state index in [1.54, 1.807) is 26.0 Å². The number of benzene rings is 1. The molecule has 2 amide bonds. The molecule has 140 valence electrons. The fourth-order valence-corrected chi connectivity index (χ4v) is 3.14. The Balaban J connectivity index is 2.36. The minimum Gasteiger partial charge on any atom is -0.368 e. The summed E-state index contributed by atoms with van der Waals surface area (Å²) in [5.74, 6) is -4.39. The molecule has 2 atom stereocenters. The molecule has 0 saturated carbocycles. The van der Waals surface area contributed by atoms with Crippen molar-refractivity contribution in [3.05, 3.63) is 53.2 Å². The maximum Gasteiger partial charge on any atom is 0.237 e. The first-order valence-corrected chi connectivity index (χ1v) is 8.25. The van der Waals surface area contributed by atoms with Crippen LogP contribution in [0.4, 0.5) is 14.5 Å². The standard InChI is InChI=1S/C18H20ClF2N3O2/c1-5-11(16(19)23(2)3)12-9-24(4)18(26)15(12)17(25)22-14-7-6-10(20)8-13(14)21/h5-8,12,15H,1,9H2,2-4H3,(H,22,25)/b16-11+/t12-,15+/m1/s1. The summed E-state index contributed by atoms with van der Waals surface area (Å²) in [4.78, 5) is 28.3. The Morgan fingerprint density at radius 1 is 1.42 bits per heavy atom. The molecule has 0 aliphatic carbocycles. The highest BCUT2D eigenvalue weighted by atomic mass is 35.5. The molecule has 0 unspecified atom stereocenters. The van der Waals surface area contributed by atoms with Crippen molar-refractivity contribution in [3.63, 3.8) is 0 Å². The molecule has 1 N–H and O–H groups in total. The molecule has 8 heteroatoms. The lowest BCUT2D eigenvalue weighted by atomic mass is 9.87. The average molecular weight is 384 g/mol. The maximum atomic E-state index is 13.8. The Labute approximate surface area is 155 Å². The van der Waals surface area contributed by atoms with E-state index in [0.29, 0.717) is 16.8 Å². The van der Waals surface area contributed by atoms with Crippen LogP contribution >= 0.6 is 11.6 Å². The SMILES string of the molecule is C=C/C(=C(/Cl)N(C)C)[C@H]1CN(C)C(=O)[C@@H]1C(=O)Nc1ccc(F)cc1F. The summed E-state index contributed by atoms with van der Waals surface area (Å²) in [6, 6.07) is 2.79. The van der Waals surface area contributed by atoms with Gasteiger partial charge >= 0.3 is 0 Å². The molecule has 1 heterocycles. The molecular formula is C18H20ClF2N3O2. The first-order chi connectivity index (χ1) is 12.2. The molecule has 1 aliphatic heterocycles. The second-order valence-corrected chi connectivity index (χ2v) is 6.62. The van der Waals surface area contributed by atoms with Gasteiger partial charge in [0.2, 0.25) is 11.8 Å². The monoisotopic (exact) mass is 383 g/mol. The highest BCUT2D eigenvalue weighted by Crippen LogP contribution is 2.34. The topological polar surface area (TPSA) is 52.7 Å². The zero-order valence-electron chi connectivity index (χ0n) is 14.7. The summed E-state index contributed by atoms with van der Waals surface area (Å²) in [6.07, 6.45) is 1.51. The quantitative estimate of drug-likeness (QED) is 0.483. The lowest BCUT2D eigenvalue weighted by Crippen LogP contribution is -2.34. The number of hydrogen-bond acceptors (Lipinski definition) is 3. The number of amides is 2. The molecule has 26 heavy (non-hydrogen) atoms. The summed E-state index contributed by atoms with van der Waals surface area (Å²) in [5.41, 5.74) is 0.356. The lowest BCUT2D eigenvalue weighted by molar-refractivity contribution is -0.135. The average Bonchev–Trinajstić information content (AvgIpc) is 2.85. The number of hydrogen-bond donors (Lipinski definition) is 1. The van der Waals surface area contributed by atoms with E-state index in [1.807, 2.05) is 0 Å². The predicted molar refractivity (Wildman–Crippen MR) is 96.4 cm³/mol. The number of nitrogens with one attached hydrogen (secondary N) is 1. The third kappa shape index (κ3) is 3.88. The number of carbonyl (C=O) groups excluding carboxylic acids is 2. The van der Waals surface area contributed by atoms with Gasteiger partial charge in [-0.25, -0.2) is 8.78 Å². The highest BCUT2D eigenvalue weighted by Gasteiger charge is 2.45. The molecule has 1 aromatic rings. The number of carbonyl (C=O) groups is 2. The fraction of sp³-hybridized carbons (Fsp3) is 0.333. The minimum absolute atomic E-state index is 0.194. The Bertz CT molecular complexity index is 780. The van der Waals surface area contributed by atoms with Crippen molar-refractivity contribution >= 4 is 29.1 Å². The Kier molecular flexibility index (Phi) is 6.02. The fourth-order valence-electron chi connectivity index (χ4n) is 2.92. The Hall–Kier alpha value is -2.41. The lowest BCUT2D eigenvalue weighted by Gasteiger charge is -2.22. The van der Waals surface area contributed by atoms with E-state index < -0.39 is 35.3 Å². The van der Waals surface area contributed by atoms with E-state index in [4.69, 9.17) is 11.6 Å². The highest BCUT2D eigenvalue weighted by molar-refractivity contribution is 6.29. The third-order valence-corrected chi connectivity index (χ3v) is 4.79. The summed E-state index contributed by atoms with van der Waals surface area (Å²) >= 11 is 6.30. The molecule has 0 aromatic heterocycles. The van der Waals surface area contributed by atoms with Gasteiger partial charge in [-0.1, -0.05) is 24.3 Å². The van der Waals surface area contributed by atoms with Crippen LogP contribution in [0, 0.1) is 23.5 Å². The van der Waals surface area contributed by atoms with Gasteiger partial charge in [-0.05, 0) is 17.7 Å². The van der Waals surface area contributed by atoms with Gasteiger partial charge in [0.1, 0.15) is 22.7 Å². The van der Waals surface area contributed by atoms with Crippen LogP contribution < -0.4 is 5.32 Å². The molecule has 5 nitrogen and oxygen atoms in total. The van der Waals surface area contributed by atoms with Crippen LogP contribution in [-0.2, 0) is 9.59 Å². The molecule has 2 rings (SSSR count). The Morgan fingerprint density at radius 2 is 2.08 bits per heavy atom. The van der Waals surface area contributed by atoms with Crippen molar-refractivity contribution < 1.29 is 18.4 Å². The van der Waals surface area contributed by atoms with Gasteiger partial charge in [-0.15, -0.1) is 0 Å². The normalized spacial score (nSPS) is 20.7. The van der Waals surface area contributed by atoms with Crippen molar-refractivity contribution in [2.75, 3.05) is 33.0 Å². The summed E-state index contributed by atoms with van der Waals surface area (Å²) < 4.78 is 26.9. The summed E-state index contributed by atoms with van der Waals surface area (Å²) in [7, 11) is 5.04. The van der Waals surface area contributed by atoms with Crippen LogP contribution in [0.15, 0.2) is 41.6 Å². The number of likely N-dealkylation sites (tertiary alicyclic amines) is 1. The second kappa shape index (κ2) is 7.86. The number of anilines is 1. The Morgan fingerprint density at radius 3 is 2.62 bits per heavy atom. The van der Waals surface area contributed by atoms with Crippen molar-refractivity contribution in [1.82, 2.24) is 9.80 Å². The van der Waals surface area contributed by atoms with Crippen molar-refractivity contribution in [2.24, 2.45) is 11.8 Å². The molecule has 1 saturated heterocycles. The number of halogens is 3. The molecule has 1 aliphatic rings. The molecule has 0 radical (unpaired) electrons. The zero-order valence-corrected chi connectivity index (χ0v) is 15.5. The third-order valence-electron chi connectivity index (χ3n) is 4.24. The first-order valence-electron chi connectivity index (χ1n) is 7.87. The summed E-state index contributed by atoms with van der Waals surface area (Å²) in [5, 5.41) is 2.73. The van der Waals surface area contributed by atoms with Crippen molar-refractivity contribution in [1.29, 1.82) is 0 Å². The van der Waals surface area contributed by atoms with E-state index in [2.05, 4.69) is 11.9 Å². The van der Waals surface area contributed by atoms with Crippen LogP contribution in [0.25, 0.3) is 0 Å². The number of allylic oxidation sites excluding steroid dienone is 1. The minimum atomic E-state index is -1.09. The first kappa shape index (κ1) is 19.9. The van der Waals surface area contributed by atoms with E-state index >= 15 is 0 Å². The van der Waals surface area contributed by atoms with Crippen LogP contribution in [0.3, 0.4) is 0 Å². The van der Waals surface area contributed by atoms with Crippen LogP contribution in [0.1, 0.15) is 0 Å². The van der Waals surface area contributed by atoms with E-state index in [9.17, 15) is 18.4 Å². The second-order valence-electron chi connectivity index (χ2n) is 6.26. The largest absolute Gasteiger partial charge is 0.368 e. The van der Waals surface area contributed by atoms with Gasteiger partial charge in [-0.2, -0.15) is 0 Å². The maximum absolute atomic E-state index is 13.8. The van der Waals surface area contributed by atoms with Crippen molar-refractivity contribution in [3.8, 4) is 0 Å². The number of rotatable bonds is 5. The van der Waals surface area contributed by atoms with Gasteiger partial charge in [0, 0.05) is 39.7 Å². The van der Waals surface area contributed by atoms with Crippen LogP contribution in [-0.4, -0.2) is 49.3 Å². The van der Waals surface area contributed by atoms with Gasteiger partial charge in [0.15, 0.2) is 0 Å².